The number of benzene rings is 2. The fourth-order valence-electron chi connectivity index (χ4n) is 2.31. The molecule has 2 amide bonds. The van der Waals surface area contributed by atoms with Crippen LogP contribution in [0.2, 0.25) is 0 Å². The number of nitrogens with zero attached hydrogens (tertiary/aromatic N) is 2. The number of alkyl halides is 3. The second-order valence-corrected chi connectivity index (χ2v) is 5.66. The largest absolute Gasteiger partial charge is 0.416 e. The zero-order valence-electron chi connectivity index (χ0n) is 13.8. The molecule has 1 heterocycles. The van der Waals surface area contributed by atoms with Gasteiger partial charge in [0, 0.05) is 6.54 Å². The Morgan fingerprint density at radius 3 is 2.56 bits per heavy atom. The van der Waals surface area contributed by atoms with Gasteiger partial charge in [0.05, 0.1) is 29.3 Å². The molecule has 27 heavy (non-hydrogen) atoms. The van der Waals surface area contributed by atoms with Gasteiger partial charge in [0.25, 0.3) is 0 Å². The van der Waals surface area contributed by atoms with Crippen LogP contribution in [-0.4, -0.2) is 15.8 Å². The van der Waals surface area contributed by atoms with E-state index in [-0.39, 0.29) is 18.0 Å². The number of hydrogen-bond acceptors (Lipinski definition) is 2. The summed E-state index contributed by atoms with van der Waals surface area (Å²) in [7, 11) is 0. The van der Waals surface area contributed by atoms with Crippen molar-refractivity contribution in [2.75, 3.05) is 5.32 Å². The zero-order valence-corrected chi connectivity index (χ0v) is 13.8. The van der Waals surface area contributed by atoms with Crippen molar-refractivity contribution >= 4 is 11.7 Å². The summed E-state index contributed by atoms with van der Waals surface area (Å²) in [4.78, 5) is 11.9. The number of nitrogens with one attached hydrogen (secondary N) is 2. The highest BCUT2D eigenvalue weighted by Gasteiger charge is 2.30. The molecule has 0 saturated carbocycles. The van der Waals surface area contributed by atoms with E-state index in [0.29, 0.717) is 11.3 Å². The van der Waals surface area contributed by atoms with Gasteiger partial charge in [0.15, 0.2) is 0 Å². The minimum absolute atomic E-state index is 0.188. The first kappa shape index (κ1) is 18.4. The maximum Gasteiger partial charge on any atom is 0.416 e. The summed E-state index contributed by atoms with van der Waals surface area (Å²) in [5.74, 6) is -0.370. The van der Waals surface area contributed by atoms with Crippen LogP contribution >= 0.6 is 0 Å². The highest BCUT2D eigenvalue weighted by atomic mass is 19.4. The van der Waals surface area contributed by atoms with Crippen molar-refractivity contribution in [1.29, 1.82) is 0 Å². The molecule has 0 radical (unpaired) electrons. The van der Waals surface area contributed by atoms with Crippen LogP contribution in [-0.2, 0) is 12.7 Å². The highest BCUT2D eigenvalue weighted by Crippen LogP contribution is 2.30. The van der Waals surface area contributed by atoms with Crippen molar-refractivity contribution in [3.05, 3.63) is 77.9 Å². The topological polar surface area (TPSA) is 59.0 Å². The van der Waals surface area contributed by atoms with Crippen LogP contribution in [0, 0.1) is 5.82 Å². The summed E-state index contributed by atoms with van der Waals surface area (Å²) in [6, 6.07) is 9.82. The molecule has 3 aromatic rings. The van der Waals surface area contributed by atoms with Crippen molar-refractivity contribution < 1.29 is 22.4 Å². The number of anilines is 1. The van der Waals surface area contributed by atoms with Crippen LogP contribution in [0.5, 0.6) is 0 Å². The quantitative estimate of drug-likeness (QED) is 0.663. The maximum absolute atomic E-state index is 12.8. The van der Waals surface area contributed by atoms with Crippen LogP contribution in [0.3, 0.4) is 0 Å². The Bertz CT molecular complexity index is 935. The smallest absolute Gasteiger partial charge is 0.334 e. The molecule has 5 nitrogen and oxygen atoms in total. The van der Waals surface area contributed by atoms with Gasteiger partial charge in [0.1, 0.15) is 5.82 Å². The molecule has 0 aliphatic rings. The third-order valence-electron chi connectivity index (χ3n) is 3.64. The van der Waals surface area contributed by atoms with E-state index >= 15 is 0 Å². The standard InChI is InChI=1S/C18H14F4N4O/c19-14-6-4-12(5-7-14)9-23-17(27)25-15-10-24-26(11-15)16-3-1-2-13(8-16)18(20,21)22/h1-8,10-11H,9H2,(H2,23,25,27). The summed E-state index contributed by atoms with van der Waals surface area (Å²) in [6.07, 6.45) is -1.74. The average Bonchev–Trinajstić information content (AvgIpc) is 3.09. The van der Waals surface area contributed by atoms with Gasteiger partial charge in [-0.15, -0.1) is 0 Å². The molecule has 0 aliphatic heterocycles. The predicted octanol–water partition coefficient (Wildman–Crippen LogP) is 4.35. The molecule has 0 saturated heterocycles. The van der Waals surface area contributed by atoms with Gasteiger partial charge >= 0.3 is 12.2 Å². The first-order chi connectivity index (χ1) is 12.8. The van der Waals surface area contributed by atoms with E-state index in [4.69, 9.17) is 0 Å². The van der Waals surface area contributed by atoms with Crippen LogP contribution in [0.15, 0.2) is 60.9 Å². The molecule has 9 heteroatoms. The second kappa shape index (κ2) is 7.48. The summed E-state index contributed by atoms with van der Waals surface area (Å²) >= 11 is 0. The molecular weight excluding hydrogens is 364 g/mol. The van der Waals surface area contributed by atoms with E-state index in [0.717, 1.165) is 12.1 Å². The highest BCUT2D eigenvalue weighted by molar-refractivity contribution is 5.88. The Hall–Kier alpha value is -3.36. The van der Waals surface area contributed by atoms with Crippen molar-refractivity contribution in [3.63, 3.8) is 0 Å². The lowest BCUT2D eigenvalue weighted by Crippen LogP contribution is -2.28. The molecule has 0 atom stereocenters. The summed E-state index contributed by atoms with van der Waals surface area (Å²) in [5.41, 5.74) is 0.446. The van der Waals surface area contributed by atoms with Crippen molar-refractivity contribution in [3.8, 4) is 5.69 Å². The van der Waals surface area contributed by atoms with Gasteiger partial charge < -0.3 is 10.6 Å². The predicted molar refractivity (Wildman–Crippen MR) is 90.8 cm³/mol. The van der Waals surface area contributed by atoms with Crippen LogP contribution in [0.25, 0.3) is 5.69 Å². The number of halogens is 4. The van der Waals surface area contributed by atoms with Gasteiger partial charge in [-0.1, -0.05) is 18.2 Å². The Morgan fingerprint density at radius 1 is 1.11 bits per heavy atom. The summed E-state index contributed by atoms with van der Waals surface area (Å²) in [6.45, 7) is 0.188. The van der Waals surface area contributed by atoms with Gasteiger partial charge in [-0.25, -0.2) is 13.9 Å². The van der Waals surface area contributed by atoms with Crippen LogP contribution in [0.4, 0.5) is 28.0 Å². The minimum atomic E-state index is -4.45. The van der Waals surface area contributed by atoms with Crippen molar-refractivity contribution in [1.82, 2.24) is 15.1 Å². The first-order valence-electron chi connectivity index (χ1n) is 7.83. The maximum atomic E-state index is 12.8. The Balaban J connectivity index is 1.62. The normalized spacial score (nSPS) is 11.3. The molecular formula is C18H14F4N4O. The van der Waals surface area contributed by atoms with Crippen LogP contribution in [0.1, 0.15) is 11.1 Å². The first-order valence-corrected chi connectivity index (χ1v) is 7.83. The molecule has 0 fully saturated rings. The lowest BCUT2D eigenvalue weighted by Gasteiger charge is -2.08. The van der Waals surface area contributed by atoms with E-state index < -0.39 is 17.8 Å². The molecule has 2 N–H and O–H groups in total. The monoisotopic (exact) mass is 378 g/mol. The molecule has 0 bridgehead atoms. The summed E-state index contributed by atoms with van der Waals surface area (Å²) < 4.78 is 52.4. The Labute approximate surface area is 151 Å². The Morgan fingerprint density at radius 2 is 1.85 bits per heavy atom. The van der Waals surface area contributed by atoms with E-state index in [9.17, 15) is 22.4 Å². The molecule has 2 aromatic carbocycles. The third-order valence-corrected chi connectivity index (χ3v) is 3.64. The van der Waals surface area contributed by atoms with Gasteiger partial charge in [0.2, 0.25) is 0 Å². The van der Waals surface area contributed by atoms with E-state index in [2.05, 4.69) is 15.7 Å². The molecule has 140 valence electrons. The molecule has 0 spiro atoms. The molecule has 3 rings (SSSR count). The Kier molecular flexibility index (Phi) is 5.11. The fraction of sp³-hybridized carbons (Fsp3) is 0.111. The number of urea groups is 1. The van der Waals surface area contributed by atoms with Crippen LogP contribution < -0.4 is 10.6 Å². The lowest BCUT2D eigenvalue weighted by atomic mass is 10.2. The average molecular weight is 378 g/mol. The summed E-state index contributed by atoms with van der Waals surface area (Å²) in [5, 5.41) is 9.07. The lowest BCUT2D eigenvalue weighted by molar-refractivity contribution is -0.137. The number of carbonyl (C=O) groups excluding carboxylic acids is 1. The number of amides is 2. The van der Waals surface area contributed by atoms with Gasteiger partial charge in [-0.05, 0) is 35.9 Å². The van der Waals surface area contributed by atoms with Crippen molar-refractivity contribution in [2.45, 2.75) is 12.7 Å². The number of aromatic nitrogens is 2. The third kappa shape index (κ3) is 4.84. The number of hydrogen-bond donors (Lipinski definition) is 2. The number of carbonyl (C=O) groups is 1. The SMILES string of the molecule is O=C(NCc1ccc(F)cc1)Nc1cnn(-c2cccc(C(F)(F)F)c2)c1. The number of rotatable bonds is 4. The van der Waals surface area contributed by atoms with Crippen molar-refractivity contribution in [2.24, 2.45) is 0 Å². The van der Waals surface area contributed by atoms with Gasteiger partial charge in [-0.2, -0.15) is 18.3 Å². The molecule has 0 unspecified atom stereocenters. The minimum Gasteiger partial charge on any atom is -0.334 e. The van der Waals surface area contributed by atoms with E-state index in [1.54, 1.807) is 12.1 Å². The molecule has 0 aliphatic carbocycles. The fourth-order valence-corrected chi connectivity index (χ4v) is 2.31. The second-order valence-electron chi connectivity index (χ2n) is 5.66. The van der Waals surface area contributed by atoms with E-state index in [1.807, 2.05) is 0 Å². The van der Waals surface area contributed by atoms with Gasteiger partial charge in [-0.3, -0.25) is 0 Å². The molecule has 1 aromatic heterocycles. The van der Waals surface area contributed by atoms with E-state index in [1.165, 1.54) is 41.3 Å². The zero-order chi connectivity index (χ0) is 19.4.